The highest BCUT2D eigenvalue weighted by molar-refractivity contribution is 5.65. The number of unbranched alkanes of at least 4 members (excludes halogenated alkanes) is 2. The third-order valence-electron chi connectivity index (χ3n) is 6.68. The van der Waals surface area contributed by atoms with E-state index in [0.717, 1.165) is 5.92 Å². The normalized spacial score (nSPS) is 20.6. The fraction of sp³-hybridized carbons (Fsp3) is 0.538. The van der Waals surface area contributed by atoms with Crippen molar-refractivity contribution in [3.63, 3.8) is 0 Å². The number of hydrogen-bond acceptors (Lipinski definition) is 0. The Hall–Kier alpha value is -1.77. The van der Waals surface area contributed by atoms with Crippen molar-refractivity contribution in [2.75, 3.05) is 0 Å². The summed E-state index contributed by atoms with van der Waals surface area (Å²) in [5, 5.41) is 0. The van der Waals surface area contributed by atoms with E-state index in [1.54, 1.807) is 0 Å². The Labute approximate surface area is 173 Å². The van der Waals surface area contributed by atoms with E-state index in [1.165, 1.54) is 87.8 Å². The molecular weight excluding hydrogens is 369 g/mol. The van der Waals surface area contributed by atoms with Crippen LogP contribution in [-0.2, 0) is 6.42 Å². The van der Waals surface area contributed by atoms with Crippen LogP contribution in [0, 0.1) is 35.2 Å². The van der Waals surface area contributed by atoms with Crippen molar-refractivity contribution >= 4 is 0 Å². The molecular formula is C26H33F3. The lowest BCUT2D eigenvalue weighted by molar-refractivity contribution is 0.204. The minimum absolute atomic E-state index is 0.145. The lowest BCUT2D eigenvalue weighted by Crippen LogP contribution is -2.21. The van der Waals surface area contributed by atoms with E-state index in [4.69, 9.17) is 0 Å². The third kappa shape index (κ3) is 5.87. The second kappa shape index (κ2) is 10.3. The standard InChI is InChI=1S/C26H33F3/c1-3-4-5-7-19-10-12-21(13-11-19)18(2)14-20-15-24(28)26(25(29)16-20)22-8-6-9-23(27)17-22/h6,8-9,15-19,21H,3-5,7,10-14H2,1-2H3. The van der Waals surface area contributed by atoms with Gasteiger partial charge in [0.15, 0.2) is 0 Å². The molecule has 0 aromatic heterocycles. The van der Waals surface area contributed by atoms with E-state index < -0.39 is 17.5 Å². The topological polar surface area (TPSA) is 0 Å². The summed E-state index contributed by atoms with van der Waals surface area (Å²) in [6.07, 6.45) is 11.0. The summed E-state index contributed by atoms with van der Waals surface area (Å²) in [7, 11) is 0. The molecule has 0 bridgehead atoms. The SMILES string of the molecule is CCCCCC1CCC(C(C)Cc2cc(F)c(-c3cccc(F)c3)c(F)c2)CC1. The fourth-order valence-corrected chi connectivity index (χ4v) is 4.93. The first kappa shape index (κ1) is 21.9. The molecule has 2 aromatic carbocycles. The molecule has 1 aliphatic carbocycles. The van der Waals surface area contributed by atoms with Gasteiger partial charge < -0.3 is 0 Å². The van der Waals surface area contributed by atoms with Gasteiger partial charge in [-0.25, -0.2) is 13.2 Å². The first-order valence-electron chi connectivity index (χ1n) is 11.2. The molecule has 0 nitrogen and oxygen atoms in total. The summed E-state index contributed by atoms with van der Waals surface area (Å²) in [5.41, 5.74) is 0.784. The Balaban J connectivity index is 1.61. The van der Waals surface area contributed by atoms with Crippen LogP contribution in [0.2, 0.25) is 0 Å². The predicted molar refractivity (Wildman–Crippen MR) is 114 cm³/mol. The highest BCUT2D eigenvalue weighted by Gasteiger charge is 2.25. The lowest BCUT2D eigenvalue weighted by atomic mass is 9.73. The molecule has 0 N–H and O–H groups in total. The average molecular weight is 403 g/mol. The molecule has 1 unspecified atom stereocenters. The van der Waals surface area contributed by atoms with Gasteiger partial charge in [0, 0.05) is 0 Å². The van der Waals surface area contributed by atoms with Gasteiger partial charge in [0.05, 0.1) is 5.56 Å². The van der Waals surface area contributed by atoms with Gasteiger partial charge in [-0.05, 0) is 72.4 Å². The van der Waals surface area contributed by atoms with Crippen LogP contribution in [0.15, 0.2) is 36.4 Å². The fourth-order valence-electron chi connectivity index (χ4n) is 4.93. The Kier molecular flexibility index (Phi) is 7.80. The first-order chi connectivity index (χ1) is 14.0. The monoisotopic (exact) mass is 402 g/mol. The van der Waals surface area contributed by atoms with Gasteiger partial charge in [0.2, 0.25) is 0 Å². The van der Waals surface area contributed by atoms with E-state index in [1.807, 2.05) is 0 Å². The first-order valence-corrected chi connectivity index (χ1v) is 11.2. The number of hydrogen-bond donors (Lipinski definition) is 0. The van der Waals surface area contributed by atoms with E-state index in [9.17, 15) is 13.2 Å². The van der Waals surface area contributed by atoms with Crippen molar-refractivity contribution in [3.05, 3.63) is 59.4 Å². The summed E-state index contributed by atoms with van der Waals surface area (Å²) in [5.74, 6) is 0.182. The molecule has 0 amide bonds. The zero-order valence-corrected chi connectivity index (χ0v) is 17.7. The molecule has 0 heterocycles. The third-order valence-corrected chi connectivity index (χ3v) is 6.68. The molecule has 1 saturated carbocycles. The van der Waals surface area contributed by atoms with Crippen LogP contribution in [0.5, 0.6) is 0 Å². The van der Waals surface area contributed by atoms with Crippen LogP contribution in [0.4, 0.5) is 13.2 Å². The molecule has 0 spiro atoms. The van der Waals surface area contributed by atoms with Crippen LogP contribution in [-0.4, -0.2) is 0 Å². The second-order valence-corrected chi connectivity index (χ2v) is 8.90. The summed E-state index contributed by atoms with van der Waals surface area (Å²) < 4.78 is 42.8. The minimum Gasteiger partial charge on any atom is -0.207 e. The van der Waals surface area contributed by atoms with Crippen molar-refractivity contribution in [1.82, 2.24) is 0 Å². The maximum atomic E-state index is 14.7. The number of rotatable bonds is 8. The van der Waals surface area contributed by atoms with Crippen molar-refractivity contribution in [2.45, 2.75) is 71.6 Å². The molecule has 3 heteroatoms. The Morgan fingerprint density at radius 3 is 2.24 bits per heavy atom. The summed E-state index contributed by atoms with van der Waals surface area (Å²) in [4.78, 5) is 0. The van der Waals surface area contributed by atoms with Gasteiger partial charge in [-0.15, -0.1) is 0 Å². The Bertz CT molecular complexity index is 767. The van der Waals surface area contributed by atoms with Crippen molar-refractivity contribution in [3.8, 4) is 11.1 Å². The highest BCUT2D eigenvalue weighted by atomic mass is 19.1. The van der Waals surface area contributed by atoms with Crippen LogP contribution >= 0.6 is 0 Å². The van der Waals surface area contributed by atoms with E-state index in [2.05, 4.69) is 13.8 Å². The maximum Gasteiger partial charge on any atom is 0.134 e. The van der Waals surface area contributed by atoms with Crippen molar-refractivity contribution < 1.29 is 13.2 Å². The molecule has 1 aliphatic rings. The Morgan fingerprint density at radius 1 is 0.931 bits per heavy atom. The molecule has 2 aromatic rings. The molecule has 3 rings (SSSR count). The molecule has 0 radical (unpaired) electrons. The average Bonchev–Trinajstić information content (AvgIpc) is 2.68. The lowest BCUT2D eigenvalue weighted by Gasteiger charge is -2.32. The molecule has 158 valence electrons. The number of halogens is 3. The summed E-state index contributed by atoms with van der Waals surface area (Å²) in [6.45, 7) is 4.45. The van der Waals surface area contributed by atoms with Gasteiger partial charge >= 0.3 is 0 Å². The highest BCUT2D eigenvalue weighted by Crippen LogP contribution is 2.37. The second-order valence-electron chi connectivity index (χ2n) is 8.90. The van der Waals surface area contributed by atoms with E-state index >= 15 is 0 Å². The van der Waals surface area contributed by atoms with Gasteiger partial charge in [-0.3, -0.25) is 0 Å². The van der Waals surface area contributed by atoms with E-state index in [-0.39, 0.29) is 11.1 Å². The molecule has 0 aliphatic heterocycles. The molecule has 1 fully saturated rings. The number of benzene rings is 2. The van der Waals surface area contributed by atoms with Gasteiger partial charge in [-0.1, -0.05) is 64.5 Å². The van der Waals surface area contributed by atoms with E-state index in [0.29, 0.717) is 23.8 Å². The largest absolute Gasteiger partial charge is 0.207 e. The zero-order valence-electron chi connectivity index (χ0n) is 17.7. The zero-order chi connectivity index (χ0) is 20.8. The molecule has 0 saturated heterocycles. The minimum atomic E-state index is -0.613. The van der Waals surface area contributed by atoms with Crippen LogP contribution in [0.3, 0.4) is 0 Å². The summed E-state index contributed by atoms with van der Waals surface area (Å²) in [6, 6.07) is 8.30. The van der Waals surface area contributed by atoms with Gasteiger partial charge in [0.1, 0.15) is 17.5 Å². The maximum absolute atomic E-state index is 14.7. The van der Waals surface area contributed by atoms with Crippen molar-refractivity contribution in [1.29, 1.82) is 0 Å². The smallest absolute Gasteiger partial charge is 0.134 e. The van der Waals surface area contributed by atoms with Gasteiger partial charge in [0.25, 0.3) is 0 Å². The van der Waals surface area contributed by atoms with Gasteiger partial charge in [-0.2, -0.15) is 0 Å². The molecule has 1 atom stereocenters. The van der Waals surface area contributed by atoms with Crippen LogP contribution < -0.4 is 0 Å². The quantitative estimate of drug-likeness (QED) is 0.389. The van der Waals surface area contributed by atoms with Crippen LogP contribution in [0.25, 0.3) is 11.1 Å². The molecule has 29 heavy (non-hydrogen) atoms. The van der Waals surface area contributed by atoms with Crippen LogP contribution in [0.1, 0.15) is 70.8 Å². The Morgan fingerprint density at radius 2 is 1.62 bits per heavy atom. The summed E-state index contributed by atoms with van der Waals surface area (Å²) >= 11 is 0. The predicted octanol–water partition coefficient (Wildman–Crippen LogP) is 8.34. The van der Waals surface area contributed by atoms with Crippen molar-refractivity contribution in [2.24, 2.45) is 17.8 Å².